The fourth-order valence-corrected chi connectivity index (χ4v) is 4.21. The molecule has 1 aromatic heterocycles. The van der Waals surface area contributed by atoms with Gasteiger partial charge < -0.3 is 24.6 Å². The Morgan fingerprint density at radius 2 is 1.97 bits per heavy atom. The number of pyridine rings is 1. The number of benzene rings is 1. The Morgan fingerprint density at radius 3 is 2.64 bits per heavy atom. The first kappa shape index (κ1) is 27.1. The molecule has 0 fully saturated rings. The van der Waals surface area contributed by atoms with Crippen LogP contribution >= 0.6 is 0 Å². The lowest BCUT2D eigenvalue weighted by Gasteiger charge is -2.36. The Morgan fingerprint density at radius 1 is 1.19 bits per heavy atom. The number of aromatic nitrogens is 1. The van der Waals surface area contributed by atoms with E-state index in [0.717, 1.165) is 0 Å². The monoisotopic (exact) mass is 496 g/mol. The van der Waals surface area contributed by atoms with Crippen LogP contribution in [0.5, 0.6) is 5.75 Å². The van der Waals surface area contributed by atoms with Crippen LogP contribution in [0.25, 0.3) is 0 Å². The molecule has 0 spiro atoms. The van der Waals surface area contributed by atoms with Crippen molar-refractivity contribution in [3.05, 3.63) is 53.9 Å². The molecule has 9 nitrogen and oxygen atoms in total. The quantitative estimate of drug-likeness (QED) is 0.683. The van der Waals surface area contributed by atoms with Crippen molar-refractivity contribution in [3.8, 4) is 5.75 Å². The van der Waals surface area contributed by atoms with Crippen LogP contribution in [0.15, 0.2) is 42.6 Å². The Kier molecular flexibility index (Phi) is 9.41. The zero-order valence-corrected chi connectivity index (χ0v) is 21.7. The fraction of sp³-hybridized carbons (Fsp3) is 0.481. The number of hydrogen-bond acceptors (Lipinski definition) is 6. The summed E-state index contributed by atoms with van der Waals surface area (Å²) in [6.45, 7) is 6.67. The first-order valence-corrected chi connectivity index (χ1v) is 12.3. The van der Waals surface area contributed by atoms with E-state index < -0.39 is 0 Å². The molecule has 194 valence electrons. The predicted octanol–water partition coefficient (Wildman–Crippen LogP) is 3.01. The van der Waals surface area contributed by atoms with Crippen LogP contribution in [0.4, 0.5) is 5.69 Å². The van der Waals surface area contributed by atoms with Gasteiger partial charge in [0.2, 0.25) is 11.8 Å². The number of likely N-dealkylation sites (N-methyl/N-ethyl adjacent to an activating group) is 1. The maximum absolute atomic E-state index is 13.4. The number of carbonyl (C=O) groups excluding carboxylic acids is 3. The summed E-state index contributed by atoms with van der Waals surface area (Å²) in [5.74, 6) is -0.0810. The van der Waals surface area contributed by atoms with Gasteiger partial charge in [-0.1, -0.05) is 19.9 Å². The molecular weight excluding hydrogens is 460 g/mol. The highest BCUT2D eigenvalue weighted by Gasteiger charge is 2.30. The van der Waals surface area contributed by atoms with Gasteiger partial charge in [-0.3, -0.25) is 19.4 Å². The number of nitrogens with one attached hydrogen (secondary N) is 1. The number of anilines is 1. The highest BCUT2D eigenvalue weighted by atomic mass is 16.5. The molecule has 2 aromatic rings. The molecule has 0 saturated carbocycles. The van der Waals surface area contributed by atoms with Gasteiger partial charge in [-0.2, -0.15) is 0 Å². The summed E-state index contributed by atoms with van der Waals surface area (Å²) in [5, 5.41) is 2.81. The van der Waals surface area contributed by atoms with Crippen molar-refractivity contribution in [1.82, 2.24) is 14.8 Å². The van der Waals surface area contributed by atoms with Crippen LogP contribution in [0.2, 0.25) is 0 Å². The molecule has 0 unspecified atom stereocenters. The van der Waals surface area contributed by atoms with Crippen molar-refractivity contribution >= 4 is 23.4 Å². The lowest BCUT2D eigenvalue weighted by molar-refractivity contribution is -0.134. The Hall–Kier alpha value is -3.46. The second-order valence-corrected chi connectivity index (χ2v) is 9.25. The Balaban J connectivity index is 1.94. The van der Waals surface area contributed by atoms with Gasteiger partial charge in [0.05, 0.1) is 24.1 Å². The average molecular weight is 497 g/mol. The van der Waals surface area contributed by atoms with Crippen molar-refractivity contribution in [1.29, 1.82) is 0 Å². The van der Waals surface area contributed by atoms with E-state index in [-0.39, 0.29) is 48.8 Å². The molecule has 1 N–H and O–H groups in total. The third kappa shape index (κ3) is 6.81. The minimum absolute atomic E-state index is 0.0362. The van der Waals surface area contributed by atoms with Crippen molar-refractivity contribution in [2.24, 2.45) is 5.92 Å². The molecular formula is C27H36N4O5. The highest BCUT2D eigenvalue weighted by molar-refractivity contribution is 5.98. The van der Waals surface area contributed by atoms with E-state index in [1.165, 1.54) is 0 Å². The Labute approximate surface area is 212 Å². The lowest BCUT2D eigenvalue weighted by Crippen LogP contribution is -2.49. The van der Waals surface area contributed by atoms with Crippen molar-refractivity contribution in [2.45, 2.75) is 45.8 Å². The zero-order chi connectivity index (χ0) is 26.2. The van der Waals surface area contributed by atoms with Gasteiger partial charge in [-0.05, 0) is 31.2 Å². The summed E-state index contributed by atoms with van der Waals surface area (Å²) in [4.78, 5) is 46.3. The van der Waals surface area contributed by atoms with Crippen LogP contribution < -0.4 is 10.1 Å². The number of nitrogens with zero attached hydrogens (tertiary/aromatic N) is 3. The topological polar surface area (TPSA) is 101 Å². The molecule has 2 heterocycles. The number of rotatable bonds is 5. The standard InChI is InChI=1S/C27H36N4O5/c1-6-25(32)29-21-10-11-22-23(13-21)36-17-19(3)31(26(33)14-20-9-7-8-12-28-20)15-18(2)24(35-5)16-30(4)27(22)34/h7-13,18-19,24H,6,14-17H2,1-5H3,(H,29,32)/t18-,19+,24-/m1/s1. The van der Waals surface area contributed by atoms with Crippen LogP contribution in [0.3, 0.4) is 0 Å². The van der Waals surface area contributed by atoms with Gasteiger partial charge in [0.1, 0.15) is 12.4 Å². The molecule has 1 aliphatic rings. The molecule has 36 heavy (non-hydrogen) atoms. The third-order valence-electron chi connectivity index (χ3n) is 6.43. The molecule has 0 radical (unpaired) electrons. The van der Waals surface area contributed by atoms with Crippen molar-refractivity contribution < 1.29 is 23.9 Å². The first-order chi connectivity index (χ1) is 17.2. The van der Waals surface area contributed by atoms with E-state index in [4.69, 9.17) is 9.47 Å². The molecule has 1 aromatic carbocycles. The fourth-order valence-electron chi connectivity index (χ4n) is 4.21. The van der Waals surface area contributed by atoms with Crippen LogP contribution in [0, 0.1) is 5.92 Å². The van der Waals surface area contributed by atoms with Gasteiger partial charge in [-0.25, -0.2) is 0 Å². The van der Waals surface area contributed by atoms with Crippen LogP contribution in [0.1, 0.15) is 43.2 Å². The predicted molar refractivity (Wildman–Crippen MR) is 137 cm³/mol. The third-order valence-corrected chi connectivity index (χ3v) is 6.43. The smallest absolute Gasteiger partial charge is 0.257 e. The summed E-state index contributed by atoms with van der Waals surface area (Å²) in [6, 6.07) is 10.2. The van der Waals surface area contributed by atoms with Crippen LogP contribution in [-0.2, 0) is 20.7 Å². The number of methoxy groups -OCH3 is 1. The zero-order valence-electron chi connectivity index (χ0n) is 21.7. The van der Waals surface area contributed by atoms with E-state index in [0.29, 0.717) is 42.2 Å². The van der Waals surface area contributed by atoms with E-state index in [1.54, 1.807) is 55.3 Å². The molecule has 3 atom stereocenters. The minimum Gasteiger partial charge on any atom is -0.491 e. The lowest BCUT2D eigenvalue weighted by atomic mass is 10.0. The number of hydrogen-bond donors (Lipinski definition) is 1. The Bertz CT molecular complexity index is 1060. The number of fused-ring (bicyclic) bond motifs is 1. The largest absolute Gasteiger partial charge is 0.491 e. The van der Waals surface area contributed by atoms with E-state index in [9.17, 15) is 14.4 Å². The van der Waals surface area contributed by atoms with Gasteiger partial charge in [-0.15, -0.1) is 0 Å². The van der Waals surface area contributed by atoms with Gasteiger partial charge in [0.25, 0.3) is 5.91 Å². The van der Waals surface area contributed by atoms with E-state index in [2.05, 4.69) is 10.3 Å². The summed E-state index contributed by atoms with van der Waals surface area (Å²) in [5.41, 5.74) is 1.63. The second-order valence-electron chi connectivity index (χ2n) is 9.25. The maximum Gasteiger partial charge on any atom is 0.257 e. The normalized spacial score (nSPS) is 21.0. The second kappa shape index (κ2) is 12.5. The first-order valence-electron chi connectivity index (χ1n) is 12.3. The number of amides is 3. The summed E-state index contributed by atoms with van der Waals surface area (Å²) < 4.78 is 11.9. The summed E-state index contributed by atoms with van der Waals surface area (Å²) >= 11 is 0. The van der Waals surface area contributed by atoms with Crippen molar-refractivity contribution in [2.75, 3.05) is 39.2 Å². The summed E-state index contributed by atoms with van der Waals surface area (Å²) in [7, 11) is 3.34. The molecule has 3 rings (SSSR count). The van der Waals surface area contributed by atoms with Gasteiger partial charge >= 0.3 is 0 Å². The minimum atomic E-state index is -0.282. The molecule has 0 aliphatic carbocycles. The highest BCUT2D eigenvalue weighted by Crippen LogP contribution is 2.27. The SMILES string of the molecule is CCC(=O)Nc1ccc2c(c1)OC[C@H](C)N(C(=O)Cc1ccccn1)C[C@@H](C)[C@H](OC)CN(C)C2=O. The summed E-state index contributed by atoms with van der Waals surface area (Å²) in [6.07, 6.45) is 1.91. The molecule has 0 bridgehead atoms. The molecule has 0 saturated heterocycles. The number of ether oxygens (including phenoxy) is 2. The van der Waals surface area contributed by atoms with Crippen molar-refractivity contribution in [3.63, 3.8) is 0 Å². The van der Waals surface area contributed by atoms with E-state index in [1.807, 2.05) is 32.0 Å². The van der Waals surface area contributed by atoms with Gasteiger partial charge in [0.15, 0.2) is 0 Å². The maximum atomic E-state index is 13.4. The average Bonchev–Trinajstić information content (AvgIpc) is 2.88. The molecule has 3 amide bonds. The van der Waals surface area contributed by atoms with Gasteiger partial charge in [0, 0.05) is 63.2 Å². The molecule has 1 aliphatic heterocycles. The van der Waals surface area contributed by atoms with Crippen LogP contribution in [-0.4, -0.2) is 78.5 Å². The number of carbonyl (C=O) groups is 3. The van der Waals surface area contributed by atoms with E-state index >= 15 is 0 Å². The molecule has 9 heteroatoms.